The van der Waals surface area contributed by atoms with E-state index in [4.69, 9.17) is 16.3 Å². The topological polar surface area (TPSA) is 122 Å². The Morgan fingerprint density at radius 3 is 2.39 bits per heavy atom. The Hall–Kier alpha value is -3.69. The van der Waals surface area contributed by atoms with Crippen LogP contribution in [0, 0.1) is 0 Å². The Labute approximate surface area is 198 Å². The molecule has 1 atom stereocenters. The van der Waals surface area contributed by atoms with E-state index in [1.54, 1.807) is 41.8 Å². The van der Waals surface area contributed by atoms with Gasteiger partial charge in [0.15, 0.2) is 12.4 Å². The average Bonchev–Trinajstić information content (AvgIpc) is 3.35. The predicted octanol–water partition coefficient (Wildman–Crippen LogP) is 3.28. The van der Waals surface area contributed by atoms with Crippen molar-refractivity contribution >= 4 is 46.5 Å². The summed E-state index contributed by atoms with van der Waals surface area (Å²) in [6, 6.07) is 14.8. The Morgan fingerprint density at radius 2 is 1.76 bits per heavy atom. The number of carboxylic acids is 1. The fourth-order valence-corrected chi connectivity index (χ4v) is 3.65. The zero-order valence-corrected chi connectivity index (χ0v) is 18.7. The van der Waals surface area contributed by atoms with Crippen LogP contribution in [-0.4, -0.2) is 47.9 Å². The minimum atomic E-state index is -1.38. The smallest absolute Gasteiger partial charge is 0.328 e. The van der Waals surface area contributed by atoms with E-state index >= 15 is 0 Å². The van der Waals surface area contributed by atoms with Crippen molar-refractivity contribution in [3.8, 4) is 5.75 Å². The molecule has 0 aliphatic rings. The van der Waals surface area contributed by atoms with Gasteiger partial charge in [0.05, 0.1) is 15.5 Å². The second-order valence-corrected chi connectivity index (χ2v) is 8.13. The van der Waals surface area contributed by atoms with Crippen molar-refractivity contribution in [3.63, 3.8) is 0 Å². The number of rotatable bonds is 10. The summed E-state index contributed by atoms with van der Waals surface area (Å²) in [4.78, 5) is 48.9. The summed E-state index contributed by atoms with van der Waals surface area (Å²) < 4.78 is 5.42. The minimum Gasteiger partial charge on any atom is -0.485 e. The average molecular weight is 487 g/mol. The molecule has 0 radical (unpaired) electrons. The van der Waals surface area contributed by atoms with Crippen LogP contribution in [0.25, 0.3) is 0 Å². The van der Waals surface area contributed by atoms with Gasteiger partial charge in [-0.3, -0.25) is 14.4 Å². The quantitative estimate of drug-likeness (QED) is 0.378. The lowest BCUT2D eigenvalue weighted by Crippen LogP contribution is -2.48. The monoisotopic (exact) mass is 486 g/mol. The molecule has 3 aromatic rings. The maximum absolute atomic E-state index is 12.6. The van der Waals surface area contributed by atoms with Gasteiger partial charge < -0.3 is 20.5 Å². The summed E-state index contributed by atoms with van der Waals surface area (Å²) >= 11 is 7.38. The van der Waals surface area contributed by atoms with Crippen LogP contribution in [-0.2, 0) is 4.79 Å². The summed E-state index contributed by atoms with van der Waals surface area (Å²) in [6.07, 6.45) is 0. The highest BCUT2D eigenvalue weighted by molar-refractivity contribution is 7.12. The van der Waals surface area contributed by atoms with E-state index in [9.17, 15) is 24.3 Å². The van der Waals surface area contributed by atoms with Crippen LogP contribution in [0.1, 0.15) is 30.4 Å². The van der Waals surface area contributed by atoms with E-state index in [-0.39, 0.29) is 35.1 Å². The van der Waals surface area contributed by atoms with E-state index in [1.807, 2.05) is 6.07 Å². The van der Waals surface area contributed by atoms with Crippen LogP contribution >= 0.6 is 22.9 Å². The molecule has 170 valence electrons. The molecule has 3 rings (SSSR count). The predicted molar refractivity (Wildman–Crippen MR) is 123 cm³/mol. The van der Waals surface area contributed by atoms with E-state index in [2.05, 4.69) is 10.6 Å². The third-order valence-corrected chi connectivity index (χ3v) is 5.65. The molecule has 0 fully saturated rings. The number of ether oxygens (including phenoxy) is 1. The number of ketones is 1. The SMILES string of the molecule is O=C(COc1ccccc1)c1ccc(C(=O)NC(CNC(=O)c2cccs2)C(=O)O)c(Cl)c1. The van der Waals surface area contributed by atoms with Gasteiger partial charge in [-0.15, -0.1) is 11.3 Å². The van der Waals surface area contributed by atoms with Gasteiger partial charge in [-0.05, 0) is 35.7 Å². The largest absolute Gasteiger partial charge is 0.485 e. The summed E-state index contributed by atoms with van der Waals surface area (Å²) in [5.41, 5.74) is 0.235. The summed E-state index contributed by atoms with van der Waals surface area (Å²) in [5, 5.41) is 15.9. The standard InChI is InChI=1S/C23H19ClN2O6S/c24-17-11-14(19(27)13-32-15-5-2-1-3-6-15)8-9-16(17)21(28)26-18(23(30)31)12-25-22(29)20-7-4-10-33-20/h1-11,18H,12-13H2,(H,25,29)(H,26,28)(H,30,31). The van der Waals surface area contributed by atoms with Gasteiger partial charge in [0, 0.05) is 12.1 Å². The molecule has 0 saturated heterocycles. The van der Waals surface area contributed by atoms with Crippen LogP contribution in [0.3, 0.4) is 0 Å². The molecule has 0 aliphatic carbocycles. The number of aliphatic carboxylic acids is 1. The van der Waals surface area contributed by atoms with Crippen LogP contribution < -0.4 is 15.4 Å². The van der Waals surface area contributed by atoms with Gasteiger partial charge in [0.1, 0.15) is 11.8 Å². The summed E-state index contributed by atoms with van der Waals surface area (Å²) in [7, 11) is 0. The Bertz CT molecular complexity index is 1150. The van der Waals surface area contributed by atoms with Crippen molar-refractivity contribution in [2.24, 2.45) is 0 Å². The number of thiophene rings is 1. The van der Waals surface area contributed by atoms with Gasteiger partial charge in [0.25, 0.3) is 11.8 Å². The summed E-state index contributed by atoms with van der Waals surface area (Å²) in [6.45, 7) is -0.528. The van der Waals surface area contributed by atoms with E-state index in [1.165, 1.54) is 29.5 Å². The second-order valence-electron chi connectivity index (χ2n) is 6.77. The highest BCUT2D eigenvalue weighted by Gasteiger charge is 2.23. The number of hydrogen-bond donors (Lipinski definition) is 3. The highest BCUT2D eigenvalue weighted by atomic mass is 35.5. The van der Waals surface area contributed by atoms with Gasteiger partial charge in [0.2, 0.25) is 0 Å². The molecule has 0 aliphatic heterocycles. The molecule has 10 heteroatoms. The third-order valence-electron chi connectivity index (χ3n) is 4.46. The number of carbonyl (C=O) groups is 4. The molecule has 2 aromatic carbocycles. The molecular formula is C23H19ClN2O6S. The number of carbonyl (C=O) groups excluding carboxylic acids is 3. The van der Waals surface area contributed by atoms with Crippen molar-refractivity contribution in [2.45, 2.75) is 6.04 Å². The molecule has 33 heavy (non-hydrogen) atoms. The first-order valence-corrected chi connectivity index (χ1v) is 11.0. The van der Waals surface area contributed by atoms with Crippen LogP contribution in [0.15, 0.2) is 66.0 Å². The Kier molecular flexibility index (Phi) is 8.17. The maximum Gasteiger partial charge on any atom is 0.328 e. The Balaban J connectivity index is 1.60. The molecule has 0 saturated carbocycles. The van der Waals surface area contributed by atoms with Crippen molar-refractivity contribution in [3.05, 3.63) is 87.1 Å². The number of benzene rings is 2. The maximum atomic E-state index is 12.6. The molecule has 2 amide bonds. The van der Waals surface area contributed by atoms with Crippen LogP contribution in [0.5, 0.6) is 5.75 Å². The first-order valence-electron chi connectivity index (χ1n) is 9.71. The molecule has 1 aromatic heterocycles. The number of carboxylic acid groups (broad SMARTS) is 1. The van der Waals surface area contributed by atoms with Crippen LogP contribution in [0.2, 0.25) is 5.02 Å². The van der Waals surface area contributed by atoms with Crippen molar-refractivity contribution in [1.82, 2.24) is 10.6 Å². The van der Waals surface area contributed by atoms with Crippen molar-refractivity contribution in [1.29, 1.82) is 0 Å². The molecule has 1 heterocycles. The molecule has 1 unspecified atom stereocenters. The van der Waals surface area contributed by atoms with Gasteiger partial charge in [-0.25, -0.2) is 4.79 Å². The van der Waals surface area contributed by atoms with E-state index in [0.29, 0.717) is 10.6 Å². The number of Topliss-reactive ketones (excluding diaryl/α,β-unsaturated/α-hetero) is 1. The number of nitrogens with one attached hydrogen (secondary N) is 2. The zero-order valence-electron chi connectivity index (χ0n) is 17.1. The van der Waals surface area contributed by atoms with Gasteiger partial charge in [-0.1, -0.05) is 41.9 Å². The number of amides is 2. The van der Waals surface area contributed by atoms with E-state index < -0.39 is 23.8 Å². The fraction of sp³-hybridized carbons (Fsp3) is 0.130. The molecule has 8 nitrogen and oxygen atoms in total. The lowest BCUT2D eigenvalue weighted by atomic mass is 10.1. The van der Waals surface area contributed by atoms with Crippen molar-refractivity contribution in [2.75, 3.05) is 13.2 Å². The second kappa shape index (κ2) is 11.3. The fourth-order valence-electron chi connectivity index (χ4n) is 2.75. The molecule has 0 spiro atoms. The number of halogens is 1. The van der Waals surface area contributed by atoms with E-state index in [0.717, 1.165) is 0 Å². The molecular weight excluding hydrogens is 468 g/mol. The number of hydrogen-bond acceptors (Lipinski definition) is 6. The van der Waals surface area contributed by atoms with Crippen molar-refractivity contribution < 1.29 is 29.0 Å². The minimum absolute atomic E-state index is 0.00646. The van der Waals surface area contributed by atoms with Gasteiger partial charge in [-0.2, -0.15) is 0 Å². The molecule has 0 bridgehead atoms. The third kappa shape index (κ3) is 6.64. The Morgan fingerprint density at radius 1 is 1.00 bits per heavy atom. The number of para-hydroxylation sites is 1. The molecule has 3 N–H and O–H groups in total. The lowest BCUT2D eigenvalue weighted by molar-refractivity contribution is -0.139. The summed E-state index contributed by atoms with van der Waals surface area (Å²) in [5.74, 6) is -2.32. The first-order chi connectivity index (χ1) is 15.8. The highest BCUT2D eigenvalue weighted by Crippen LogP contribution is 2.19. The lowest BCUT2D eigenvalue weighted by Gasteiger charge is -2.16. The van der Waals surface area contributed by atoms with Crippen LogP contribution in [0.4, 0.5) is 0 Å². The normalized spacial score (nSPS) is 11.3. The van der Waals surface area contributed by atoms with Gasteiger partial charge >= 0.3 is 5.97 Å². The first kappa shape index (κ1) is 24.0. The zero-order chi connectivity index (χ0) is 23.8.